The van der Waals surface area contributed by atoms with Crippen molar-refractivity contribution in [2.24, 2.45) is 0 Å². The fraction of sp³-hybridized carbons (Fsp3) is 0.583. The van der Waals surface area contributed by atoms with Gasteiger partial charge >= 0.3 is 0 Å². The second kappa shape index (κ2) is 5.77. The molecule has 1 saturated heterocycles. The number of hydrogen-bond donors (Lipinski definition) is 2. The standard InChI is InChI=1S/C12H18N4O2/c1-9(18)15-11-2-4-16(5-3-11)12-13-6-10(8-17)7-14-12/h6-7,11,17H,2-5,8H2,1H3,(H,15,18). The van der Waals surface area contributed by atoms with Gasteiger partial charge in [0.25, 0.3) is 0 Å². The zero-order valence-electron chi connectivity index (χ0n) is 10.5. The number of nitrogens with zero attached hydrogens (tertiary/aromatic N) is 3. The molecule has 0 spiro atoms. The van der Waals surface area contributed by atoms with E-state index in [0.29, 0.717) is 11.5 Å². The summed E-state index contributed by atoms with van der Waals surface area (Å²) in [6.07, 6.45) is 5.10. The Labute approximate surface area is 106 Å². The number of carbonyl (C=O) groups is 1. The summed E-state index contributed by atoms with van der Waals surface area (Å²) in [5.74, 6) is 0.713. The Bertz CT molecular complexity index is 399. The maximum atomic E-state index is 11.0. The van der Waals surface area contributed by atoms with Crippen molar-refractivity contribution >= 4 is 11.9 Å². The van der Waals surface area contributed by atoms with Gasteiger partial charge in [-0.25, -0.2) is 9.97 Å². The number of rotatable bonds is 3. The molecule has 1 fully saturated rings. The molecule has 98 valence electrons. The number of aromatic nitrogens is 2. The van der Waals surface area contributed by atoms with Crippen LogP contribution in [-0.2, 0) is 11.4 Å². The number of aliphatic hydroxyl groups is 1. The van der Waals surface area contributed by atoms with Crippen LogP contribution in [0, 0.1) is 0 Å². The molecule has 0 radical (unpaired) electrons. The summed E-state index contributed by atoms with van der Waals surface area (Å²) in [5.41, 5.74) is 0.715. The molecule has 2 rings (SSSR count). The van der Waals surface area contributed by atoms with E-state index in [0.717, 1.165) is 25.9 Å². The molecule has 0 aromatic carbocycles. The third kappa shape index (κ3) is 3.16. The smallest absolute Gasteiger partial charge is 0.225 e. The summed E-state index contributed by atoms with van der Waals surface area (Å²) in [5, 5.41) is 11.9. The van der Waals surface area contributed by atoms with Crippen molar-refractivity contribution in [3.05, 3.63) is 18.0 Å². The fourth-order valence-electron chi connectivity index (χ4n) is 2.10. The average molecular weight is 250 g/mol. The Morgan fingerprint density at radius 1 is 1.44 bits per heavy atom. The van der Waals surface area contributed by atoms with Crippen molar-refractivity contribution in [2.45, 2.75) is 32.4 Å². The Morgan fingerprint density at radius 2 is 2.06 bits per heavy atom. The zero-order valence-corrected chi connectivity index (χ0v) is 10.5. The lowest BCUT2D eigenvalue weighted by Gasteiger charge is -2.32. The Hall–Kier alpha value is -1.69. The lowest BCUT2D eigenvalue weighted by Crippen LogP contribution is -2.44. The van der Waals surface area contributed by atoms with Crippen LogP contribution in [0.25, 0.3) is 0 Å². The van der Waals surface area contributed by atoms with Gasteiger partial charge < -0.3 is 15.3 Å². The summed E-state index contributed by atoms with van der Waals surface area (Å²) in [6.45, 7) is 3.18. The van der Waals surface area contributed by atoms with E-state index in [-0.39, 0.29) is 18.6 Å². The number of hydrogen-bond acceptors (Lipinski definition) is 5. The topological polar surface area (TPSA) is 78.4 Å². The summed E-state index contributed by atoms with van der Waals surface area (Å²) in [4.78, 5) is 21.5. The quantitative estimate of drug-likeness (QED) is 0.794. The van der Waals surface area contributed by atoms with Gasteiger partial charge in [-0.2, -0.15) is 0 Å². The Kier molecular flexibility index (Phi) is 4.09. The van der Waals surface area contributed by atoms with Crippen LogP contribution < -0.4 is 10.2 Å². The van der Waals surface area contributed by atoms with Crippen molar-refractivity contribution in [3.8, 4) is 0 Å². The molecule has 0 saturated carbocycles. The third-order valence-electron chi connectivity index (χ3n) is 3.06. The largest absolute Gasteiger partial charge is 0.392 e. The van der Waals surface area contributed by atoms with Crippen LogP contribution in [0.3, 0.4) is 0 Å². The van der Waals surface area contributed by atoms with E-state index in [1.54, 1.807) is 19.3 Å². The summed E-state index contributed by atoms with van der Waals surface area (Å²) in [7, 11) is 0. The Balaban J connectivity index is 1.90. The van der Waals surface area contributed by atoms with Gasteiger partial charge in [-0.3, -0.25) is 4.79 Å². The van der Waals surface area contributed by atoms with Gasteiger partial charge in [0.15, 0.2) is 0 Å². The van der Waals surface area contributed by atoms with E-state index in [1.165, 1.54) is 0 Å². The molecular formula is C12H18N4O2. The van der Waals surface area contributed by atoms with Crippen LogP contribution >= 0.6 is 0 Å². The minimum atomic E-state index is -0.0368. The van der Waals surface area contributed by atoms with Gasteiger partial charge in [-0.1, -0.05) is 0 Å². The van der Waals surface area contributed by atoms with Gasteiger partial charge in [0.1, 0.15) is 0 Å². The maximum Gasteiger partial charge on any atom is 0.225 e. The van der Waals surface area contributed by atoms with Crippen molar-refractivity contribution in [2.75, 3.05) is 18.0 Å². The highest BCUT2D eigenvalue weighted by atomic mass is 16.3. The fourth-order valence-corrected chi connectivity index (χ4v) is 2.10. The molecule has 0 bridgehead atoms. The van der Waals surface area contributed by atoms with Crippen molar-refractivity contribution in [1.29, 1.82) is 0 Å². The molecule has 1 amide bonds. The van der Waals surface area contributed by atoms with E-state index in [9.17, 15) is 4.79 Å². The molecule has 0 atom stereocenters. The first-order chi connectivity index (χ1) is 8.69. The predicted octanol–water partition coefficient (Wildman–Crippen LogP) is 0.0738. The number of nitrogens with one attached hydrogen (secondary N) is 1. The third-order valence-corrected chi connectivity index (χ3v) is 3.06. The van der Waals surface area contributed by atoms with E-state index in [4.69, 9.17) is 5.11 Å². The van der Waals surface area contributed by atoms with E-state index < -0.39 is 0 Å². The van der Waals surface area contributed by atoms with Gasteiger partial charge in [0.2, 0.25) is 11.9 Å². The van der Waals surface area contributed by atoms with E-state index >= 15 is 0 Å². The van der Waals surface area contributed by atoms with Gasteiger partial charge in [0, 0.05) is 44.0 Å². The summed E-state index contributed by atoms with van der Waals surface area (Å²) < 4.78 is 0. The molecule has 6 nitrogen and oxygen atoms in total. The normalized spacial score (nSPS) is 16.7. The molecule has 1 aliphatic rings. The van der Waals surface area contributed by atoms with E-state index in [2.05, 4.69) is 20.2 Å². The minimum Gasteiger partial charge on any atom is -0.392 e. The molecule has 18 heavy (non-hydrogen) atoms. The van der Waals surface area contributed by atoms with Gasteiger partial charge in [-0.15, -0.1) is 0 Å². The second-order valence-corrected chi connectivity index (χ2v) is 4.51. The highest BCUT2D eigenvalue weighted by Gasteiger charge is 2.21. The van der Waals surface area contributed by atoms with Crippen LogP contribution in [0.4, 0.5) is 5.95 Å². The first-order valence-corrected chi connectivity index (χ1v) is 6.13. The molecule has 0 aliphatic carbocycles. The molecule has 1 aromatic heterocycles. The molecule has 2 heterocycles. The zero-order chi connectivity index (χ0) is 13.0. The number of amides is 1. The molecule has 0 unspecified atom stereocenters. The van der Waals surface area contributed by atoms with Crippen LogP contribution in [0.2, 0.25) is 0 Å². The number of carbonyl (C=O) groups excluding carboxylic acids is 1. The van der Waals surface area contributed by atoms with Crippen molar-refractivity contribution in [3.63, 3.8) is 0 Å². The highest BCUT2D eigenvalue weighted by molar-refractivity contribution is 5.73. The average Bonchev–Trinajstić information content (AvgIpc) is 2.39. The van der Waals surface area contributed by atoms with Crippen LogP contribution in [0.15, 0.2) is 12.4 Å². The molecular weight excluding hydrogens is 232 g/mol. The molecule has 1 aliphatic heterocycles. The minimum absolute atomic E-state index is 0.0250. The van der Waals surface area contributed by atoms with Crippen LogP contribution in [-0.4, -0.2) is 40.1 Å². The van der Waals surface area contributed by atoms with Crippen molar-refractivity contribution < 1.29 is 9.90 Å². The highest BCUT2D eigenvalue weighted by Crippen LogP contribution is 2.15. The van der Waals surface area contributed by atoms with Gasteiger partial charge in [-0.05, 0) is 12.8 Å². The summed E-state index contributed by atoms with van der Waals surface area (Å²) >= 11 is 0. The lowest BCUT2D eigenvalue weighted by atomic mass is 10.1. The first kappa shape index (κ1) is 12.8. The molecule has 1 aromatic rings. The van der Waals surface area contributed by atoms with Gasteiger partial charge in [0.05, 0.1) is 6.61 Å². The SMILES string of the molecule is CC(=O)NC1CCN(c2ncc(CO)cn2)CC1. The van der Waals surface area contributed by atoms with Crippen LogP contribution in [0.5, 0.6) is 0 Å². The Morgan fingerprint density at radius 3 is 2.56 bits per heavy atom. The lowest BCUT2D eigenvalue weighted by molar-refractivity contribution is -0.119. The van der Waals surface area contributed by atoms with Crippen LogP contribution in [0.1, 0.15) is 25.3 Å². The van der Waals surface area contributed by atoms with E-state index in [1.807, 2.05) is 0 Å². The number of aliphatic hydroxyl groups excluding tert-OH is 1. The molecule has 6 heteroatoms. The number of anilines is 1. The first-order valence-electron chi connectivity index (χ1n) is 6.13. The number of piperidine rings is 1. The second-order valence-electron chi connectivity index (χ2n) is 4.51. The molecule has 2 N–H and O–H groups in total. The maximum absolute atomic E-state index is 11.0. The monoisotopic (exact) mass is 250 g/mol. The van der Waals surface area contributed by atoms with Crippen molar-refractivity contribution in [1.82, 2.24) is 15.3 Å². The predicted molar refractivity (Wildman–Crippen MR) is 67.0 cm³/mol. The summed E-state index contributed by atoms with van der Waals surface area (Å²) in [6, 6.07) is 0.260.